The first-order chi connectivity index (χ1) is 9.70. The molecule has 1 amide bonds. The van der Waals surface area contributed by atoms with Crippen molar-refractivity contribution in [1.82, 2.24) is 0 Å². The third kappa shape index (κ3) is 4.11. The fraction of sp³-hybridized carbons (Fsp3) is 0.500. The van der Waals surface area contributed by atoms with Gasteiger partial charge in [0.05, 0.1) is 5.69 Å². The van der Waals surface area contributed by atoms with Crippen LogP contribution < -0.4 is 20.5 Å². The van der Waals surface area contributed by atoms with Crippen molar-refractivity contribution >= 4 is 27.5 Å². The number of ether oxygens (including phenoxy) is 2. The van der Waals surface area contributed by atoms with Gasteiger partial charge in [-0.3, -0.25) is 4.79 Å². The summed E-state index contributed by atoms with van der Waals surface area (Å²) in [5.74, 6) is 1.36. The molecule has 0 spiro atoms. The fourth-order valence-corrected chi connectivity index (χ4v) is 2.40. The molecule has 0 aromatic heterocycles. The summed E-state index contributed by atoms with van der Waals surface area (Å²) in [5.41, 5.74) is 6.13. The Balaban J connectivity index is 1.93. The van der Waals surface area contributed by atoms with Gasteiger partial charge in [-0.15, -0.1) is 0 Å². The lowest BCUT2D eigenvalue weighted by Gasteiger charge is -2.20. The Hall–Kier alpha value is -1.27. The molecule has 2 rings (SSSR count). The third-order valence-corrected chi connectivity index (χ3v) is 3.67. The quantitative estimate of drug-likeness (QED) is 0.779. The van der Waals surface area contributed by atoms with E-state index in [2.05, 4.69) is 21.2 Å². The van der Waals surface area contributed by atoms with Crippen molar-refractivity contribution in [2.75, 3.05) is 25.1 Å². The molecule has 1 aliphatic heterocycles. The normalized spacial score (nSPS) is 13.1. The number of benzene rings is 1. The van der Waals surface area contributed by atoms with Crippen LogP contribution in [0.4, 0.5) is 5.69 Å². The van der Waals surface area contributed by atoms with Crippen LogP contribution in [0.3, 0.4) is 0 Å². The number of nitrogens with one attached hydrogen (secondary N) is 1. The first kappa shape index (κ1) is 15.1. The average Bonchev–Trinajstić information content (AvgIpc) is 2.44. The number of halogens is 1. The van der Waals surface area contributed by atoms with Gasteiger partial charge in [-0.2, -0.15) is 0 Å². The Bertz CT molecular complexity index is 480. The van der Waals surface area contributed by atoms with Crippen LogP contribution in [0.1, 0.15) is 25.7 Å². The molecule has 0 aliphatic carbocycles. The number of rotatable bonds is 6. The van der Waals surface area contributed by atoms with E-state index in [-0.39, 0.29) is 5.91 Å². The SMILES string of the molecule is NCCCCCC(=O)Nc1cc2c(cc1Br)OCCO2. The van der Waals surface area contributed by atoms with E-state index in [0.29, 0.717) is 43.4 Å². The van der Waals surface area contributed by atoms with Crippen molar-refractivity contribution in [2.24, 2.45) is 5.73 Å². The van der Waals surface area contributed by atoms with E-state index in [1.807, 2.05) is 6.07 Å². The van der Waals surface area contributed by atoms with E-state index in [9.17, 15) is 4.79 Å². The first-order valence-electron chi connectivity index (χ1n) is 6.80. The van der Waals surface area contributed by atoms with Crippen molar-refractivity contribution in [3.05, 3.63) is 16.6 Å². The monoisotopic (exact) mass is 342 g/mol. The maximum Gasteiger partial charge on any atom is 0.224 e. The van der Waals surface area contributed by atoms with Crippen molar-refractivity contribution in [3.8, 4) is 11.5 Å². The van der Waals surface area contributed by atoms with Gasteiger partial charge in [-0.1, -0.05) is 6.42 Å². The van der Waals surface area contributed by atoms with Crippen LogP contribution in [0.2, 0.25) is 0 Å². The second-order valence-corrected chi connectivity index (χ2v) is 5.48. The number of fused-ring (bicyclic) bond motifs is 1. The second-order valence-electron chi connectivity index (χ2n) is 4.62. The maximum atomic E-state index is 11.9. The predicted molar refractivity (Wildman–Crippen MR) is 81.3 cm³/mol. The molecule has 0 atom stereocenters. The van der Waals surface area contributed by atoms with E-state index < -0.39 is 0 Å². The van der Waals surface area contributed by atoms with Gasteiger partial charge in [-0.25, -0.2) is 0 Å². The lowest BCUT2D eigenvalue weighted by molar-refractivity contribution is -0.116. The highest BCUT2D eigenvalue weighted by Crippen LogP contribution is 2.38. The van der Waals surface area contributed by atoms with Gasteiger partial charge >= 0.3 is 0 Å². The van der Waals surface area contributed by atoms with Gasteiger partial charge in [0.2, 0.25) is 5.91 Å². The molecular weight excluding hydrogens is 324 g/mol. The topological polar surface area (TPSA) is 73.6 Å². The standard InChI is InChI=1S/C14H19BrN2O3/c15-10-8-12-13(20-7-6-19-12)9-11(10)17-14(18)4-2-1-3-5-16/h8-9H,1-7,16H2,(H,17,18). The maximum absolute atomic E-state index is 11.9. The highest BCUT2D eigenvalue weighted by atomic mass is 79.9. The van der Waals surface area contributed by atoms with E-state index >= 15 is 0 Å². The molecule has 1 heterocycles. The summed E-state index contributed by atoms with van der Waals surface area (Å²) < 4.78 is 11.8. The molecule has 1 aromatic rings. The van der Waals surface area contributed by atoms with E-state index in [1.165, 1.54) is 0 Å². The highest BCUT2D eigenvalue weighted by Gasteiger charge is 2.15. The number of hydrogen-bond acceptors (Lipinski definition) is 4. The molecule has 20 heavy (non-hydrogen) atoms. The number of hydrogen-bond donors (Lipinski definition) is 2. The van der Waals surface area contributed by atoms with Crippen molar-refractivity contribution in [3.63, 3.8) is 0 Å². The lowest BCUT2D eigenvalue weighted by Crippen LogP contribution is -2.16. The summed E-state index contributed by atoms with van der Waals surface area (Å²) in [6.45, 7) is 1.75. The summed E-state index contributed by atoms with van der Waals surface area (Å²) in [4.78, 5) is 11.9. The van der Waals surface area contributed by atoms with Gasteiger partial charge in [-0.05, 0) is 35.3 Å². The Morgan fingerprint density at radius 2 is 1.90 bits per heavy atom. The predicted octanol–water partition coefficient (Wildman–Crippen LogP) is 2.68. The zero-order valence-corrected chi connectivity index (χ0v) is 12.9. The van der Waals surface area contributed by atoms with Gasteiger partial charge in [0.25, 0.3) is 0 Å². The van der Waals surface area contributed by atoms with Crippen LogP contribution in [-0.2, 0) is 4.79 Å². The zero-order chi connectivity index (χ0) is 14.4. The molecule has 0 bridgehead atoms. The molecule has 1 aliphatic rings. The van der Waals surface area contributed by atoms with E-state index in [1.54, 1.807) is 6.07 Å². The Morgan fingerprint density at radius 1 is 1.20 bits per heavy atom. The second kappa shape index (κ2) is 7.50. The van der Waals surface area contributed by atoms with Gasteiger partial charge in [0, 0.05) is 23.0 Å². The molecular formula is C14H19BrN2O3. The number of carbonyl (C=O) groups excluding carboxylic acids is 1. The highest BCUT2D eigenvalue weighted by molar-refractivity contribution is 9.10. The minimum absolute atomic E-state index is 0.000556. The number of carbonyl (C=O) groups is 1. The first-order valence-corrected chi connectivity index (χ1v) is 7.59. The summed E-state index contributed by atoms with van der Waals surface area (Å²) in [5, 5.41) is 2.88. The largest absolute Gasteiger partial charge is 0.486 e. The summed E-state index contributed by atoms with van der Waals surface area (Å²) in [6, 6.07) is 3.61. The minimum atomic E-state index is -0.000556. The summed E-state index contributed by atoms with van der Waals surface area (Å²) in [7, 11) is 0. The van der Waals surface area contributed by atoms with E-state index in [4.69, 9.17) is 15.2 Å². The van der Waals surface area contributed by atoms with Crippen molar-refractivity contribution < 1.29 is 14.3 Å². The minimum Gasteiger partial charge on any atom is -0.486 e. The lowest BCUT2D eigenvalue weighted by atomic mass is 10.2. The molecule has 6 heteroatoms. The van der Waals surface area contributed by atoms with Crippen molar-refractivity contribution in [1.29, 1.82) is 0 Å². The van der Waals surface area contributed by atoms with Crippen LogP contribution in [0.25, 0.3) is 0 Å². The molecule has 3 N–H and O–H groups in total. The zero-order valence-electron chi connectivity index (χ0n) is 11.3. The van der Waals surface area contributed by atoms with Crippen LogP contribution >= 0.6 is 15.9 Å². The summed E-state index contributed by atoms with van der Waals surface area (Å²) in [6.07, 6.45) is 3.29. The summed E-state index contributed by atoms with van der Waals surface area (Å²) >= 11 is 3.43. The number of anilines is 1. The van der Waals surface area contributed by atoms with Gasteiger partial charge in [0.15, 0.2) is 11.5 Å². The molecule has 0 unspecified atom stereocenters. The van der Waals surface area contributed by atoms with Gasteiger partial charge < -0.3 is 20.5 Å². The molecule has 0 saturated heterocycles. The Morgan fingerprint density at radius 3 is 2.60 bits per heavy atom. The molecule has 5 nitrogen and oxygen atoms in total. The number of amides is 1. The Labute approximate surface area is 126 Å². The molecule has 0 radical (unpaired) electrons. The van der Waals surface area contributed by atoms with Crippen LogP contribution in [0.15, 0.2) is 16.6 Å². The number of nitrogens with two attached hydrogens (primary N) is 1. The molecule has 0 fully saturated rings. The van der Waals surface area contributed by atoms with Crippen LogP contribution in [-0.4, -0.2) is 25.7 Å². The van der Waals surface area contributed by atoms with Gasteiger partial charge in [0.1, 0.15) is 13.2 Å². The van der Waals surface area contributed by atoms with E-state index in [0.717, 1.165) is 23.7 Å². The molecule has 0 saturated carbocycles. The fourth-order valence-electron chi connectivity index (χ4n) is 1.98. The van der Waals surface area contributed by atoms with Crippen LogP contribution in [0, 0.1) is 0 Å². The average molecular weight is 343 g/mol. The molecule has 1 aromatic carbocycles. The van der Waals surface area contributed by atoms with Crippen molar-refractivity contribution in [2.45, 2.75) is 25.7 Å². The third-order valence-electron chi connectivity index (χ3n) is 3.01. The molecule has 110 valence electrons. The number of unbranched alkanes of at least 4 members (excludes halogenated alkanes) is 2. The smallest absolute Gasteiger partial charge is 0.224 e. The van der Waals surface area contributed by atoms with Crippen LogP contribution in [0.5, 0.6) is 11.5 Å². The Kier molecular flexibility index (Phi) is 5.67.